The number of ether oxygens (including phenoxy) is 1. The molecule has 0 fully saturated rings. The van der Waals surface area contributed by atoms with E-state index in [9.17, 15) is 9.59 Å². The van der Waals surface area contributed by atoms with Crippen LogP contribution in [0.3, 0.4) is 0 Å². The molecule has 2 heterocycles. The van der Waals surface area contributed by atoms with Gasteiger partial charge in [0, 0.05) is 31.9 Å². The molecule has 0 atom stereocenters. The molecular weight excluding hydrogens is 244 g/mol. The van der Waals surface area contributed by atoms with Crippen molar-refractivity contribution in [3.05, 3.63) is 23.0 Å². The lowest BCUT2D eigenvalue weighted by Crippen LogP contribution is -2.36. The summed E-state index contributed by atoms with van der Waals surface area (Å²) in [6.07, 6.45) is 1.94. The Morgan fingerprint density at radius 3 is 2.58 bits per heavy atom. The maximum atomic E-state index is 12.1. The summed E-state index contributed by atoms with van der Waals surface area (Å²) in [6.45, 7) is 7.95. The van der Waals surface area contributed by atoms with Crippen LogP contribution in [0.25, 0.3) is 0 Å². The minimum Gasteiger partial charge on any atom is -0.443 e. The van der Waals surface area contributed by atoms with Crippen molar-refractivity contribution >= 4 is 12.0 Å². The number of likely N-dealkylation sites (N-methyl/N-ethyl adjacent to an activating group) is 1. The van der Waals surface area contributed by atoms with Crippen molar-refractivity contribution in [1.82, 2.24) is 9.47 Å². The number of fused-ring (bicyclic) bond motifs is 1. The van der Waals surface area contributed by atoms with Gasteiger partial charge in [0.25, 0.3) is 5.91 Å². The fourth-order valence-electron chi connectivity index (χ4n) is 2.26. The van der Waals surface area contributed by atoms with Crippen molar-refractivity contribution in [3.63, 3.8) is 0 Å². The number of amides is 1. The molecule has 0 aliphatic carbocycles. The topological polar surface area (TPSA) is 51.5 Å². The molecule has 0 bridgehead atoms. The summed E-state index contributed by atoms with van der Waals surface area (Å²) in [6, 6.07) is 0. The lowest BCUT2D eigenvalue weighted by Gasteiger charge is -2.25. The van der Waals surface area contributed by atoms with E-state index in [4.69, 9.17) is 4.74 Å². The molecule has 0 aromatic carbocycles. The number of hydrogen-bond acceptors (Lipinski definition) is 3. The second-order valence-corrected chi connectivity index (χ2v) is 5.96. The van der Waals surface area contributed by atoms with Gasteiger partial charge in [-0.15, -0.1) is 0 Å². The third-order valence-electron chi connectivity index (χ3n) is 3.13. The maximum absolute atomic E-state index is 12.1. The van der Waals surface area contributed by atoms with Gasteiger partial charge in [0.15, 0.2) is 0 Å². The van der Waals surface area contributed by atoms with Crippen molar-refractivity contribution in [2.45, 2.75) is 39.7 Å². The van der Waals surface area contributed by atoms with E-state index in [1.165, 1.54) is 4.57 Å². The lowest BCUT2D eigenvalue weighted by molar-refractivity contribution is 0.0531. The summed E-state index contributed by atoms with van der Waals surface area (Å²) in [5, 5.41) is 0. The van der Waals surface area contributed by atoms with Crippen molar-refractivity contribution < 1.29 is 14.3 Å². The van der Waals surface area contributed by atoms with E-state index < -0.39 is 11.7 Å². The number of carbonyl (C=O) groups excluding carboxylic acids is 2. The van der Waals surface area contributed by atoms with Gasteiger partial charge in [0.05, 0.1) is 5.56 Å². The lowest BCUT2D eigenvalue weighted by atomic mass is 10.0. The summed E-state index contributed by atoms with van der Waals surface area (Å²) >= 11 is 0. The van der Waals surface area contributed by atoms with Crippen molar-refractivity contribution in [2.24, 2.45) is 0 Å². The van der Waals surface area contributed by atoms with Crippen molar-refractivity contribution in [1.29, 1.82) is 0 Å². The smallest absolute Gasteiger partial charge is 0.418 e. The molecule has 1 amide bonds. The molecule has 104 valence electrons. The molecule has 0 unspecified atom stereocenters. The summed E-state index contributed by atoms with van der Waals surface area (Å²) in [5.41, 5.74) is 1.67. The van der Waals surface area contributed by atoms with Gasteiger partial charge in [0.2, 0.25) is 0 Å². The van der Waals surface area contributed by atoms with E-state index in [2.05, 4.69) is 0 Å². The van der Waals surface area contributed by atoms with Crippen LogP contribution < -0.4 is 0 Å². The van der Waals surface area contributed by atoms with E-state index >= 15 is 0 Å². The standard InChI is InChI=1S/C14H20N2O3/c1-9-8-16(13(18)19-14(2,3)4)10-6-7-15(5)12(17)11(9)10/h8H,6-7H2,1-5H3. The first-order chi connectivity index (χ1) is 8.70. The summed E-state index contributed by atoms with van der Waals surface area (Å²) < 4.78 is 6.84. The van der Waals surface area contributed by atoms with Crippen molar-refractivity contribution in [2.75, 3.05) is 13.6 Å². The number of aromatic nitrogens is 1. The third-order valence-corrected chi connectivity index (χ3v) is 3.13. The minimum absolute atomic E-state index is 0.0268. The van der Waals surface area contributed by atoms with Crippen LogP contribution in [-0.2, 0) is 11.2 Å². The van der Waals surface area contributed by atoms with Gasteiger partial charge in [-0.05, 0) is 33.3 Å². The Hall–Kier alpha value is -1.78. The molecule has 0 N–H and O–H groups in total. The highest BCUT2D eigenvalue weighted by Gasteiger charge is 2.30. The fraction of sp³-hybridized carbons (Fsp3) is 0.571. The molecule has 0 spiro atoms. The van der Waals surface area contributed by atoms with Gasteiger partial charge < -0.3 is 9.64 Å². The molecular formula is C14H20N2O3. The van der Waals surface area contributed by atoms with Gasteiger partial charge in [0.1, 0.15) is 5.60 Å². The maximum Gasteiger partial charge on any atom is 0.418 e. The molecule has 19 heavy (non-hydrogen) atoms. The average Bonchev–Trinajstić information content (AvgIpc) is 2.59. The van der Waals surface area contributed by atoms with Gasteiger partial charge in [-0.25, -0.2) is 4.79 Å². The molecule has 5 heteroatoms. The third kappa shape index (κ3) is 2.50. The van der Waals surface area contributed by atoms with Crippen LogP contribution in [0.15, 0.2) is 6.20 Å². The quantitative estimate of drug-likeness (QED) is 0.722. The Bertz CT molecular complexity index is 538. The molecule has 1 aliphatic heterocycles. The van der Waals surface area contributed by atoms with E-state index in [1.54, 1.807) is 18.1 Å². The zero-order chi connectivity index (χ0) is 14.4. The van der Waals surface area contributed by atoms with Crippen LogP contribution in [0, 0.1) is 6.92 Å². The van der Waals surface area contributed by atoms with Crippen molar-refractivity contribution in [3.8, 4) is 0 Å². The van der Waals surface area contributed by atoms with Crippen LogP contribution in [0.2, 0.25) is 0 Å². The number of rotatable bonds is 0. The number of nitrogens with zero attached hydrogens (tertiary/aromatic N) is 2. The summed E-state index contributed by atoms with van der Waals surface area (Å²) in [4.78, 5) is 25.9. The zero-order valence-electron chi connectivity index (χ0n) is 12.1. The predicted molar refractivity (Wildman–Crippen MR) is 71.5 cm³/mol. The monoisotopic (exact) mass is 264 g/mol. The fourth-order valence-corrected chi connectivity index (χ4v) is 2.26. The average molecular weight is 264 g/mol. The second kappa shape index (κ2) is 4.40. The predicted octanol–water partition coefficient (Wildman–Crippen LogP) is 2.21. The Morgan fingerprint density at radius 2 is 2.00 bits per heavy atom. The van der Waals surface area contributed by atoms with Gasteiger partial charge >= 0.3 is 6.09 Å². The normalized spacial score (nSPS) is 15.4. The first-order valence-electron chi connectivity index (χ1n) is 6.40. The Morgan fingerprint density at radius 1 is 1.37 bits per heavy atom. The highest BCUT2D eigenvalue weighted by Crippen LogP contribution is 2.24. The Kier molecular flexibility index (Phi) is 3.16. The number of hydrogen-bond donors (Lipinski definition) is 0. The summed E-state index contributed by atoms with van der Waals surface area (Å²) in [7, 11) is 1.77. The van der Waals surface area contributed by atoms with E-state index in [-0.39, 0.29) is 5.91 Å². The Labute approximate surface area is 113 Å². The van der Waals surface area contributed by atoms with E-state index in [0.29, 0.717) is 18.5 Å². The summed E-state index contributed by atoms with van der Waals surface area (Å²) in [5.74, 6) is -0.0268. The van der Waals surface area contributed by atoms with Gasteiger partial charge in [-0.2, -0.15) is 0 Å². The van der Waals surface area contributed by atoms with Gasteiger partial charge in [-0.3, -0.25) is 9.36 Å². The van der Waals surface area contributed by atoms with Gasteiger partial charge in [-0.1, -0.05) is 0 Å². The Balaban J connectivity index is 2.40. The molecule has 0 radical (unpaired) electrons. The molecule has 0 saturated heterocycles. The van der Waals surface area contributed by atoms with Crippen LogP contribution >= 0.6 is 0 Å². The first kappa shape index (κ1) is 13.6. The van der Waals surface area contributed by atoms with E-state index in [1.807, 2.05) is 27.7 Å². The first-order valence-corrected chi connectivity index (χ1v) is 6.40. The minimum atomic E-state index is -0.544. The second-order valence-electron chi connectivity index (χ2n) is 5.96. The SMILES string of the molecule is Cc1cn(C(=O)OC(C)(C)C)c2c1C(=O)N(C)CC2. The number of carbonyl (C=O) groups is 2. The van der Waals surface area contributed by atoms with E-state index in [0.717, 1.165) is 11.3 Å². The highest BCUT2D eigenvalue weighted by molar-refractivity contribution is 5.98. The molecule has 2 rings (SSSR count). The van der Waals surface area contributed by atoms with Crippen LogP contribution in [0.4, 0.5) is 4.79 Å². The molecule has 1 aromatic rings. The molecule has 0 saturated carbocycles. The van der Waals surface area contributed by atoms with Crippen LogP contribution in [-0.4, -0.2) is 40.7 Å². The molecule has 1 aromatic heterocycles. The number of aryl methyl sites for hydroxylation is 1. The zero-order valence-corrected chi connectivity index (χ0v) is 12.1. The molecule has 5 nitrogen and oxygen atoms in total. The van der Waals surface area contributed by atoms with Crippen LogP contribution in [0.5, 0.6) is 0 Å². The highest BCUT2D eigenvalue weighted by atomic mass is 16.6. The van der Waals surface area contributed by atoms with Crippen LogP contribution in [0.1, 0.15) is 42.4 Å². The molecule has 1 aliphatic rings. The largest absolute Gasteiger partial charge is 0.443 e.